The van der Waals surface area contributed by atoms with Crippen molar-refractivity contribution in [1.82, 2.24) is 4.31 Å². The van der Waals surface area contributed by atoms with Crippen LogP contribution in [0.5, 0.6) is 0 Å². The monoisotopic (exact) mass is 427 g/mol. The minimum absolute atomic E-state index is 0.0360. The number of carbonyl (C=O) groups is 2. The van der Waals surface area contributed by atoms with Crippen LogP contribution in [0.4, 0.5) is 10.1 Å². The van der Waals surface area contributed by atoms with Gasteiger partial charge in [0.05, 0.1) is 15.5 Å². The molecule has 2 aromatic rings. The summed E-state index contributed by atoms with van der Waals surface area (Å²) in [5, 5.41) is 0.0360. The number of amides is 2. The van der Waals surface area contributed by atoms with Gasteiger partial charge >= 0.3 is 0 Å². The Labute approximate surface area is 167 Å². The number of halogens is 2. The lowest BCUT2D eigenvalue weighted by molar-refractivity contribution is -0.117. The number of hydrogen-bond acceptors (Lipinski definition) is 4. The Morgan fingerprint density at radius 3 is 2.25 bits per heavy atom. The molecular weight excluding hydrogens is 409 g/mol. The molecule has 0 spiro atoms. The van der Waals surface area contributed by atoms with E-state index in [1.165, 1.54) is 49.3 Å². The number of benzene rings is 2. The summed E-state index contributed by atoms with van der Waals surface area (Å²) < 4.78 is 39.0. The number of nitrogens with zero attached hydrogens (tertiary/aromatic N) is 2. The lowest BCUT2D eigenvalue weighted by Gasteiger charge is -2.23. The smallest absolute Gasteiger partial charge is 0.259 e. The van der Waals surface area contributed by atoms with E-state index in [2.05, 4.69) is 0 Å². The minimum atomic E-state index is -3.79. The maximum Gasteiger partial charge on any atom is 0.259 e. The Hall–Kier alpha value is -2.49. The largest absolute Gasteiger partial charge is 0.370 e. The number of hydrogen-bond donors (Lipinski definition) is 1. The molecule has 2 aromatic carbocycles. The third-order valence-corrected chi connectivity index (χ3v) is 6.05. The van der Waals surface area contributed by atoms with Crippen molar-refractivity contribution in [2.24, 2.45) is 5.73 Å². The summed E-state index contributed by atoms with van der Waals surface area (Å²) in [5.41, 5.74) is 5.42. The number of sulfonamides is 1. The summed E-state index contributed by atoms with van der Waals surface area (Å²) in [6.45, 7) is -0.0826. The molecule has 28 heavy (non-hydrogen) atoms. The number of rotatable bonds is 7. The Kier molecular flexibility index (Phi) is 6.76. The third kappa shape index (κ3) is 4.86. The maximum absolute atomic E-state index is 13.2. The molecule has 0 aliphatic carbocycles. The first-order chi connectivity index (χ1) is 13.0. The molecule has 0 radical (unpaired) electrons. The summed E-state index contributed by atoms with van der Waals surface area (Å²) >= 11 is 6.13. The molecule has 0 saturated heterocycles. The van der Waals surface area contributed by atoms with Gasteiger partial charge in [-0.15, -0.1) is 0 Å². The van der Waals surface area contributed by atoms with Crippen molar-refractivity contribution in [1.29, 1.82) is 0 Å². The Balaban J connectivity index is 2.51. The molecule has 2 rings (SSSR count). The van der Waals surface area contributed by atoms with E-state index in [1.807, 2.05) is 0 Å². The topological polar surface area (TPSA) is 101 Å². The molecule has 0 saturated carbocycles. The fourth-order valence-corrected chi connectivity index (χ4v) is 3.50. The molecule has 0 aliphatic rings. The fraction of sp³-hybridized carbons (Fsp3) is 0.222. The van der Waals surface area contributed by atoms with Crippen LogP contribution >= 0.6 is 11.6 Å². The van der Waals surface area contributed by atoms with Gasteiger partial charge in [0.1, 0.15) is 5.82 Å². The van der Waals surface area contributed by atoms with Crippen LogP contribution in [0, 0.1) is 5.82 Å². The first-order valence-electron chi connectivity index (χ1n) is 8.12. The Morgan fingerprint density at radius 2 is 1.71 bits per heavy atom. The van der Waals surface area contributed by atoms with Gasteiger partial charge in [-0.3, -0.25) is 9.59 Å². The van der Waals surface area contributed by atoms with Gasteiger partial charge in [0.2, 0.25) is 15.9 Å². The second-order valence-corrected chi connectivity index (χ2v) is 8.64. The standard InChI is InChI=1S/C18H19ClFN3O4S/c1-22(2)28(26,27)14-7-8-16(19)15(11-14)18(25)23(10-9-17(21)24)13-5-3-12(20)4-6-13/h3-8,11H,9-10H2,1-2H3,(H2,21,24). The van der Waals surface area contributed by atoms with Gasteiger partial charge in [0.15, 0.2) is 0 Å². The summed E-state index contributed by atoms with van der Waals surface area (Å²) in [6, 6.07) is 8.82. The molecule has 150 valence electrons. The van der Waals surface area contributed by atoms with Gasteiger partial charge < -0.3 is 10.6 Å². The van der Waals surface area contributed by atoms with Crippen LogP contribution in [-0.4, -0.2) is 45.2 Å². The van der Waals surface area contributed by atoms with Gasteiger partial charge in [-0.1, -0.05) is 11.6 Å². The highest BCUT2D eigenvalue weighted by atomic mass is 35.5. The van der Waals surface area contributed by atoms with Gasteiger partial charge in [0.25, 0.3) is 5.91 Å². The minimum Gasteiger partial charge on any atom is -0.370 e. The molecule has 0 heterocycles. The molecule has 0 fully saturated rings. The fourth-order valence-electron chi connectivity index (χ4n) is 2.38. The average molecular weight is 428 g/mol. The van der Waals surface area contributed by atoms with Gasteiger partial charge in [-0.05, 0) is 42.5 Å². The van der Waals surface area contributed by atoms with Crippen molar-refractivity contribution in [2.45, 2.75) is 11.3 Å². The molecule has 0 bridgehead atoms. The molecular formula is C18H19ClFN3O4S. The Morgan fingerprint density at radius 1 is 1.11 bits per heavy atom. The number of carbonyl (C=O) groups excluding carboxylic acids is 2. The summed E-state index contributed by atoms with van der Waals surface area (Å²) in [4.78, 5) is 25.4. The predicted molar refractivity (Wildman–Crippen MR) is 104 cm³/mol. The first-order valence-corrected chi connectivity index (χ1v) is 9.93. The Bertz CT molecular complexity index is 994. The quantitative estimate of drug-likeness (QED) is 0.732. The van der Waals surface area contributed by atoms with E-state index in [1.54, 1.807) is 0 Å². The highest BCUT2D eigenvalue weighted by molar-refractivity contribution is 7.89. The average Bonchev–Trinajstić information content (AvgIpc) is 2.63. The van der Waals surface area contributed by atoms with Crippen molar-refractivity contribution in [2.75, 3.05) is 25.5 Å². The lowest BCUT2D eigenvalue weighted by Crippen LogP contribution is -2.34. The van der Waals surface area contributed by atoms with Crippen LogP contribution < -0.4 is 10.6 Å². The summed E-state index contributed by atoms with van der Waals surface area (Å²) in [6.07, 6.45) is -0.142. The molecule has 0 aliphatic heterocycles. The first kappa shape index (κ1) is 21.8. The predicted octanol–water partition coefficient (Wildman–Crippen LogP) is 2.25. The van der Waals surface area contributed by atoms with Crippen LogP contribution in [0.25, 0.3) is 0 Å². The second-order valence-electron chi connectivity index (χ2n) is 6.08. The van der Waals surface area contributed by atoms with Crippen LogP contribution in [-0.2, 0) is 14.8 Å². The van der Waals surface area contributed by atoms with Crippen molar-refractivity contribution in [3.05, 3.63) is 58.9 Å². The molecule has 0 unspecified atom stereocenters. The van der Waals surface area contributed by atoms with E-state index in [9.17, 15) is 22.4 Å². The zero-order chi connectivity index (χ0) is 21.1. The third-order valence-electron chi connectivity index (χ3n) is 3.91. The molecule has 7 nitrogen and oxygen atoms in total. The number of anilines is 1. The van der Waals surface area contributed by atoms with Gasteiger partial charge in [-0.2, -0.15) is 0 Å². The zero-order valence-corrected chi connectivity index (χ0v) is 16.8. The highest BCUT2D eigenvalue weighted by Crippen LogP contribution is 2.26. The molecule has 10 heteroatoms. The zero-order valence-electron chi connectivity index (χ0n) is 15.2. The molecule has 0 aromatic heterocycles. The molecule has 0 atom stereocenters. The van der Waals surface area contributed by atoms with Crippen molar-refractivity contribution >= 4 is 39.1 Å². The lowest BCUT2D eigenvalue weighted by atomic mass is 10.1. The molecule has 2 amide bonds. The van der Waals surface area contributed by atoms with E-state index < -0.39 is 27.7 Å². The van der Waals surface area contributed by atoms with Crippen LogP contribution in [0.2, 0.25) is 5.02 Å². The normalized spacial score (nSPS) is 11.5. The number of nitrogens with two attached hydrogens (primary N) is 1. The summed E-state index contributed by atoms with van der Waals surface area (Å²) in [7, 11) is -1.06. The summed E-state index contributed by atoms with van der Waals surface area (Å²) in [5.74, 6) is -1.77. The van der Waals surface area contributed by atoms with Crippen molar-refractivity contribution in [3.8, 4) is 0 Å². The van der Waals surface area contributed by atoms with Crippen LogP contribution in [0.15, 0.2) is 47.4 Å². The van der Waals surface area contributed by atoms with Crippen molar-refractivity contribution in [3.63, 3.8) is 0 Å². The van der Waals surface area contributed by atoms with E-state index in [0.717, 1.165) is 16.4 Å². The van der Waals surface area contributed by atoms with Gasteiger partial charge in [0, 0.05) is 32.7 Å². The van der Waals surface area contributed by atoms with E-state index in [-0.39, 0.29) is 28.4 Å². The van der Waals surface area contributed by atoms with Crippen molar-refractivity contribution < 1.29 is 22.4 Å². The van der Waals surface area contributed by atoms with Gasteiger partial charge in [-0.25, -0.2) is 17.1 Å². The highest BCUT2D eigenvalue weighted by Gasteiger charge is 2.24. The number of primary amides is 1. The van der Waals surface area contributed by atoms with E-state index >= 15 is 0 Å². The van der Waals surface area contributed by atoms with E-state index in [4.69, 9.17) is 17.3 Å². The van der Waals surface area contributed by atoms with Crippen LogP contribution in [0.1, 0.15) is 16.8 Å². The SMILES string of the molecule is CN(C)S(=O)(=O)c1ccc(Cl)c(C(=O)N(CCC(N)=O)c2ccc(F)cc2)c1. The molecule has 2 N–H and O–H groups in total. The maximum atomic E-state index is 13.2. The second kappa shape index (κ2) is 8.68. The van der Waals surface area contributed by atoms with Crippen LogP contribution in [0.3, 0.4) is 0 Å². The van der Waals surface area contributed by atoms with E-state index in [0.29, 0.717) is 5.69 Å².